The fourth-order valence-corrected chi connectivity index (χ4v) is 4.22. The molecular weight excluding hydrogens is 352 g/mol. The van der Waals surface area contributed by atoms with Crippen molar-refractivity contribution in [1.29, 1.82) is 0 Å². The van der Waals surface area contributed by atoms with Gasteiger partial charge in [0.2, 0.25) is 10.0 Å². The Bertz CT molecular complexity index is 877. The summed E-state index contributed by atoms with van der Waals surface area (Å²) in [5.74, 6) is -0.112. The van der Waals surface area contributed by atoms with E-state index in [2.05, 4.69) is 10.4 Å². The van der Waals surface area contributed by atoms with Gasteiger partial charge in [-0.05, 0) is 30.4 Å². The van der Waals surface area contributed by atoms with Crippen molar-refractivity contribution in [3.63, 3.8) is 0 Å². The molecule has 1 atom stereocenters. The first kappa shape index (κ1) is 18.6. The number of aryl methyl sites for hydroxylation is 1. The van der Waals surface area contributed by atoms with Gasteiger partial charge in [0.05, 0.1) is 11.9 Å². The molecule has 1 fully saturated rings. The van der Waals surface area contributed by atoms with E-state index in [4.69, 9.17) is 0 Å². The molecule has 1 aromatic carbocycles. The standard InChI is InChI=1S/C18H24N4O3S/c1-21-17(15-8-4-3-5-9-15)11-16(20-21)18(23)19-12-14-7-6-10-22(13-14)26(2,24)25/h3-5,8-9,11,14H,6-7,10,12-13H2,1-2H3,(H,19,23). The molecule has 1 aliphatic heterocycles. The number of amides is 1. The van der Waals surface area contributed by atoms with Crippen LogP contribution in [0.3, 0.4) is 0 Å². The van der Waals surface area contributed by atoms with Crippen LogP contribution >= 0.6 is 0 Å². The van der Waals surface area contributed by atoms with Gasteiger partial charge in [-0.15, -0.1) is 0 Å². The molecular formula is C18H24N4O3S. The van der Waals surface area contributed by atoms with Crippen molar-refractivity contribution < 1.29 is 13.2 Å². The van der Waals surface area contributed by atoms with Gasteiger partial charge in [-0.2, -0.15) is 5.10 Å². The van der Waals surface area contributed by atoms with Crippen molar-refractivity contribution in [3.8, 4) is 11.3 Å². The molecule has 0 bridgehead atoms. The van der Waals surface area contributed by atoms with Crippen LogP contribution in [0.4, 0.5) is 0 Å². The van der Waals surface area contributed by atoms with Crippen LogP contribution < -0.4 is 5.32 Å². The molecule has 3 rings (SSSR count). The lowest BCUT2D eigenvalue weighted by Crippen LogP contribution is -2.43. The number of hydrogen-bond donors (Lipinski definition) is 1. The molecule has 1 aliphatic rings. The molecule has 7 nitrogen and oxygen atoms in total. The Morgan fingerprint density at radius 1 is 1.31 bits per heavy atom. The summed E-state index contributed by atoms with van der Waals surface area (Å²) in [4.78, 5) is 12.4. The third-order valence-electron chi connectivity index (χ3n) is 4.68. The highest BCUT2D eigenvalue weighted by Crippen LogP contribution is 2.20. The van der Waals surface area contributed by atoms with Gasteiger partial charge in [-0.1, -0.05) is 30.3 Å². The summed E-state index contributed by atoms with van der Waals surface area (Å²) in [5, 5.41) is 7.20. The maximum Gasteiger partial charge on any atom is 0.271 e. The van der Waals surface area contributed by atoms with Gasteiger partial charge >= 0.3 is 0 Å². The molecule has 1 unspecified atom stereocenters. The lowest BCUT2D eigenvalue weighted by atomic mass is 10.00. The molecule has 0 radical (unpaired) electrons. The van der Waals surface area contributed by atoms with E-state index in [0.717, 1.165) is 24.1 Å². The smallest absolute Gasteiger partial charge is 0.271 e. The quantitative estimate of drug-likeness (QED) is 0.857. The van der Waals surface area contributed by atoms with Crippen LogP contribution in [0.25, 0.3) is 11.3 Å². The van der Waals surface area contributed by atoms with Crippen molar-refractivity contribution in [2.45, 2.75) is 12.8 Å². The van der Waals surface area contributed by atoms with Crippen molar-refractivity contribution in [2.24, 2.45) is 13.0 Å². The first-order chi connectivity index (χ1) is 12.3. The van der Waals surface area contributed by atoms with Crippen LogP contribution in [-0.4, -0.2) is 54.3 Å². The summed E-state index contributed by atoms with van der Waals surface area (Å²) in [6.45, 7) is 1.46. The number of nitrogens with zero attached hydrogens (tertiary/aromatic N) is 3. The SMILES string of the molecule is Cn1nc(C(=O)NCC2CCCN(S(C)(=O)=O)C2)cc1-c1ccccc1. The van der Waals surface area contributed by atoms with Crippen molar-refractivity contribution in [2.75, 3.05) is 25.9 Å². The zero-order valence-electron chi connectivity index (χ0n) is 15.1. The minimum Gasteiger partial charge on any atom is -0.350 e. The third-order valence-corrected chi connectivity index (χ3v) is 5.95. The topological polar surface area (TPSA) is 84.3 Å². The van der Waals surface area contributed by atoms with Gasteiger partial charge < -0.3 is 5.32 Å². The Morgan fingerprint density at radius 2 is 2.04 bits per heavy atom. The van der Waals surface area contributed by atoms with E-state index in [1.807, 2.05) is 37.4 Å². The first-order valence-corrected chi connectivity index (χ1v) is 10.5. The Hall–Kier alpha value is -2.19. The maximum atomic E-state index is 12.4. The number of nitrogens with one attached hydrogen (secondary N) is 1. The summed E-state index contributed by atoms with van der Waals surface area (Å²) in [6, 6.07) is 11.5. The van der Waals surface area contributed by atoms with Gasteiger partial charge in [-0.25, -0.2) is 12.7 Å². The van der Waals surface area contributed by atoms with Crippen LogP contribution in [0.1, 0.15) is 23.3 Å². The van der Waals surface area contributed by atoms with Gasteiger partial charge in [0.15, 0.2) is 5.69 Å². The van der Waals surface area contributed by atoms with E-state index >= 15 is 0 Å². The second kappa shape index (κ2) is 7.59. The molecule has 1 aromatic heterocycles. The van der Waals surface area contributed by atoms with Crippen molar-refractivity contribution in [1.82, 2.24) is 19.4 Å². The summed E-state index contributed by atoms with van der Waals surface area (Å²) >= 11 is 0. The van der Waals surface area contributed by atoms with Gasteiger partial charge in [0, 0.05) is 26.7 Å². The Morgan fingerprint density at radius 3 is 2.73 bits per heavy atom. The van der Waals surface area contributed by atoms with Crippen LogP contribution in [0.2, 0.25) is 0 Å². The average molecular weight is 376 g/mol. The van der Waals surface area contributed by atoms with Gasteiger partial charge in [0.1, 0.15) is 0 Å². The minimum atomic E-state index is -3.18. The number of piperidine rings is 1. The second-order valence-corrected chi connectivity index (χ2v) is 8.73. The molecule has 0 spiro atoms. The monoisotopic (exact) mass is 376 g/mol. The van der Waals surface area contributed by atoms with Crippen LogP contribution in [0, 0.1) is 5.92 Å². The Kier molecular flexibility index (Phi) is 5.43. The normalized spacial score (nSPS) is 18.6. The highest BCUT2D eigenvalue weighted by molar-refractivity contribution is 7.88. The fourth-order valence-electron chi connectivity index (χ4n) is 3.28. The van der Waals surface area contributed by atoms with E-state index in [9.17, 15) is 13.2 Å². The summed E-state index contributed by atoms with van der Waals surface area (Å²) in [7, 11) is -1.37. The lowest BCUT2D eigenvalue weighted by Gasteiger charge is -2.30. The maximum absolute atomic E-state index is 12.4. The van der Waals surface area contributed by atoms with E-state index in [0.29, 0.717) is 25.3 Å². The number of aromatic nitrogens is 2. The predicted octanol–water partition coefficient (Wildman–Crippen LogP) is 1.49. The van der Waals surface area contributed by atoms with Crippen LogP contribution in [0.5, 0.6) is 0 Å². The molecule has 140 valence electrons. The lowest BCUT2D eigenvalue weighted by molar-refractivity contribution is 0.0936. The fraction of sp³-hybridized carbons (Fsp3) is 0.444. The molecule has 1 amide bonds. The molecule has 2 aromatic rings. The molecule has 1 N–H and O–H groups in total. The highest BCUT2D eigenvalue weighted by Gasteiger charge is 2.26. The number of carbonyl (C=O) groups excluding carboxylic acids is 1. The zero-order chi connectivity index (χ0) is 18.7. The van der Waals surface area contributed by atoms with Crippen LogP contribution in [0.15, 0.2) is 36.4 Å². The van der Waals surface area contributed by atoms with Gasteiger partial charge in [0.25, 0.3) is 5.91 Å². The van der Waals surface area contributed by atoms with Gasteiger partial charge in [-0.3, -0.25) is 9.48 Å². The minimum absolute atomic E-state index is 0.125. The van der Waals surface area contributed by atoms with Crippen molar-refractivity contribution >= 4 is 15.9 Å². The molecule has 8 heteroatoms. The highest BCUT2D eigenvalue weighted by atomic mass is 32.2. The summed E-state index contributed by atoms with van der Waals surface area (Å²) in [6.07, 6.45) is 2.95. The second-order valence-electron chi connectivity index (χ2n) is 6.74. The number of carbonyl (C=O) groups is 1. The Balaban J connectivity index is 1.62. The van der Waals surface area contributed by atoms with E-state index in [1.165, 1.54) is 10.6 Å². The molecule has 26 heavy (non-hydrogen) atoms. The summed E-state index contributed by atoms with van der Waals surface area (Å²) in [5.41, 5.74) is 2.23. The zero-order valence-corrected chi connectivity index (χ0v) is 15.9. The van der Waals surface area contributed by atoms with Crippen LogP contribution in [-0.2, 0) is 17.1 Å². The average Bonchev–Trinajstić information content (AvgIpc) is 3.02. The number of sulfonamides is 1. The van der Waals surface area contributed by atoms with Crippen molar-refractivity contribution in [3.05, 3.63) is 42.1 Å². The largest absolute Gasteiger partial charge is 0.350 e. The molecule has 0 saturated carbocycles. The van der Waals surface area contributed by atoms with E-state index in [-0.39, 0.29) is 11.8 Å². The molecule has 0 aliphatic carbocycles. The number of rotatable bonds is 5. The third kappa shape index (κ3) is 4.31. The predicted molar refractivity (Wildman–Crippen MR) is 100 cm³/mol. The van der Waals surface area contributed by atoms with E-state index < -0.39 is 10.0 Å². The first-order valence-electron chi connectivity index (χ1n) is 8.67. The Labute approximate surface area is 154 Å². The molecule has 1 saturated heterocycles. The summed E-state index contributed by atoms with van der Waals surface area (Å²) < 4.78 is 26.6. The number of benzene rings is 1. The van der Waals surface area contributed by atoms with E-state index in [1.54, 1.807) is 10.7 Å². The number of hydrogen-bond acceptors (Lipinski definition) is 4. The molecule has 2 heterocycles.